The first kappa shape index (κ1) is 15.5. The highest BCUT2D eigenvalue weighted by molar-refractivity contribution is 7.99. The van der Waals surface area contributed by atoms with Gasteiger partial charge in [-0.15, -0.1) is 0 Å². The number of nitro groups is 1. The fraction of sp³-hybridized carbons (Fsp3) is 0.462. The van der Waals surface area contributed by atoms with E-state index in [1.807, 2.05) is 20.8 Å². The molecule has 0 radical (unpaired) electrons. The van der Waals surface area contributed by atoms with Crippen molar-refractivity contribution in [1.29, 1.82) is 0 Å². The van der Waals surface area contributed by atoms with E-state index in [0.717, 1.165) is 0 Å². The van der Waals surface area contributed by atoms with Crippen molar-refractivity contribution in [2.75, 3.05) is 7.11 Å². The van der Waals surface area contributed by atoms with Crippen LogP contribution in [0.1, 0.15) is 36.7 Å². The molecule has 0 fully saturated rings. The van der Waals surface area contributed by atoms with Crippen LogP contribution in [0.4, 0.5) is 5.69 Å². The lowest BCUT2D eigenvalue weighted by atomic mass is 10.1. The normalized spacial score (nSPS) is 11.2. The summed E-state index contributed by atoms with van der Waals surface area (Å²) >= 11 is 1.55. The van der Waals surface area contributed by atoms with E-state index in [1.165, 1.54) is 19.2 Å². The number of nitrogens with zero attached hydrogens (tertiary/aromatic N) is 1. The van der Waals surface area contributed by atoms with Crippen molar-refractivity contribution >= 4 is 23.4 Å². The maximum Gasteiger partial charge on any atom is 0.338 e. The Bertz CT molecular complexity index is 494. The number of hydrogen-bond acceptors (Lipinski definition) is 5. The van der Waals surface area contributed by atoms with Crippen molar-refractivity contribution in [3.05, 3.63) is 39.4 Å². The van der Waals surface area contributed by atoms with Crippen molar-refractivity contribution in [3.63, 3.8) is 0 Å². The summed E-state index contributed by atoms with van der Waals surface area (Å²) < 4.78 is 4.63. The predicted octanol–water partition coefficient (Wildman–Crippen LogP) is 3.41. The van der Waals surface area contributed by atoms with Crippen LogP contribution in [-0.4, -0.2) is 22.7 Å². The maximum atomic E-state index is 11.7. The van der Waals surface area contributed by atoms with Crippen LogP contribution in [0.25, 0.3) is 0 Å². The van der Waals surface area contributed by atoms with Crippen molar-refractivity contribution in [2.45, 2.75) is 31.3 Å². The topological polar surface area (TPSA) is 69.4 Å². The van der Waals surface area contributed by atoms with Crippen LogP contribution in [0.2, 0.25) is 0 Å². The van der Waals surface area contributed by atoms with E-state index in [0.29, 0.717) is 11.3 Å². The summed E-state index contributed by atoms with van der Waals surface area (Å²) in [5.74, 6) is -0.154. The van der Waals surface area contributed by atoms with Crippen LogP contribution in [0.3, 0.4) is 0 Å². The fourth-order valence-electron chi connectivity index (χ4n) is 1.49. The third-order valence-corrected chi connectivity index (χ3v) is 3.70. The van der Waals surface area contributed by atoms with Gasteiger partial charge < -0.3 is 4.74 Å². The number of nitro benzene ring substituents is 1. The van der Waals surface area contributed by atoms with Crippen LogP contribution >= 0.6 is 11.8 Å². The quantitative estimate of drug-likeness (QED) is 0.481. The van der Waals surface area contributed by atoms with Gasteiger partial charge in [0.2, 0.25) is 0 Å². The molecule has 0 aromatic heterocycles. The minimum atomic E-state index is -0.548. The lowest BCUT2D eigenvalue weighted by Crippen LogP contribution is -2.11. The molecule has 0 saturated heterocycles. The summed E-state index contributed by atoms with van der Waals surface area (Å²) in [5.41, 5.74) is 0.632. The van der Waals surface area contributed by atoms with Crippen LogP contribution in [-0.2, 0) is 10.5 Å². The Morgan fingerprint density at radius 1 is 1.42 bits per heavy atom. The van der Waals surface area contributed by atoms with Gasteiger partial charge in [-0.3, -0.25) is 10.1 Å². The molecule has 0 amide bonds. The molecule has 0 bridgehead atoms. The molecule has 104 valence electrons. The molecule has 19 heavy (non-hydrogen) atoms. The van der Waals surface area contributed by atoms with Crippen LogP contribution < -0.4 is 0 Å². The predicted molar refractivity (Wildman–Crippen MR) is 75.5 cm³/mol. The molecule has 0 N–H and O–H groups in total. The molecule has 0 spiro atoms. The van der Waals surface area contributed by atoms with Gasteiger partial charge >= 0.3 is 5.97 Å². The summed E-state index contributed by atoms with van der Waals surface area (Å²) in [6.45, 7) is 6.05. The van der Waals surface area contributed by atoms with E-state index in [2.05, 4.69) is 4.74 Å². The van der Waals surface area contributed by atoms with Gasteiger partial charge in [-0.25, -0.2) is 4.79 Å². The second-order valence-electron chi connectivity index (χ2n) is 4.95. The molecular formula is C13H17NO4S. The smallest absolute Gasteiger partial charge is 0.338 e. The summed E-state index contributed by atoms with van der Waals surface area (Å²) in [5, 5.41) is 11.1. The molecule has 6 heteroatoms. The molecule has 0 aliphatic carbocycles. The number of esters is 1. The number of carbonyl (C=O) groups is 1. The van der Waals surface area contributed by atoms with E-state index in [1.54, 1.807) is 17.8 Å². The first-order valence-electron chi connectivity index (χ1n) is 5.75. The highest BCUT2D eigenvalue weighted by atomic mass is 32.2. The minimum Gasteiger partial charge on any atom is -0.465 e. The average Bonchev–Trinajstić information content (AvgIpc) is 2.33. The molecule has 0 saturated carbocycles. The van der Waals surface area contributed by atoms with Crippen LogP contribution in [0, 0.1) is 10.1 Å². The highest BCUT2D eigenvalue weighted by Crippen LogP contribution is 2.33. The van der Waals surface area contributed by atoms with Crippen molar-refractivity contribution < 1.29 is 14.5 Å². The number of carbonyl (C=O) groups excluding carboxylic acids is 1. The highest BCUT2D eigenvalue weighted by Gasteiger charge is 2.23. The van der Waals surface area contributed by atoms with Gasteiger partial charge in [-0.1, -0.05) is 26.8 Å². The Labute approximate surface area is 116 Å². The number of methoxy groups -OCH3 is 1. The Morgan fingerprint density at radius 3 is 2.53 bits per heavy atom. The van der Waals surface area contributed by atoms with Gasteiger partial charge in [0, 0.05) is 16.6 Å². The molecule has 0 aliphatic rings. The molecule has 0 unspecified atom stereocenters. The van der Waals surface area contributed by atoms with Gasteiger partial charge in [0.25, 0.3) is 5.69 Å². The lowest BCUT2D eigenvalue weighted by molar-refractivity contribution is -0.385. The number of benzene rings is 1. The summed E-state index contributed by atoms with van der Waals surface area (Å²) in [6.07, 6.45) is 0. The molecule has 0 heterocycles. The van der Waals surface area contributed by atoms with Crippen molar-refractivity contribution in [3.8, 4) is 0 Å². The Hall–Kier alpha value is -1.56. The van der Waals surface area contributed by atoms with Crippen molar-refractivity contribution in [1.82, 2.24) is 0 Å². The number of hydrogen-bond donors (Lipinski definition) is 0. The maximum absolute atomic E-state index is 11.7. The average molecular weight is 283 g/mol. The molecule has 1 aromatic rings. The third-order valence-electron chi connectivity index (χ3n) is 2.40. The van der Waals surface area contributed by atoms with Crippen LogP contribution in [0.5, 0.6) is 0 Å². The lowest BCUT2D eigenvalue weighted by Gasteiger charge is -2.18. The van der Waals surface area contributed by atoms with Gasteiger partial charge in [0.15, 0.2) is 0 Å². The molecule has 1 aromatic carbocycles. The monoisotopic (exact) mass is 283 g/mol. The van der Waals surface area contributed by atoms with Crippen molar-refractivity contribution in [2.24, 2.45) is 0 Å². The largest absolute Gasteiger partial charge is 0.465 e. The van der Waals surface area contributed by atoms with E-state index in [-0.39, 0.29) is 16.0 Å². The zero-order valence-electron chi connectivity index (χ0n) is 11.4. The molecule has 1 rings (SSSR count). The van der Waals surface area contributed by atoms with Gasteiger partial charge in [-0.2, -0.15) is 11.8 Å². The van der Waals surface area contributed by atoms with E-state index in [4.69, 9.17) is 0 Å². The molecular weight excluding hydrogens is 266 g/mol. The Morgan fingerprint density at radius 2 is 2.05 bits per heavy atom. The standard InChI is InChI=1S/C13H17NO4S/c1-13(2,3)19-8-10-9(12(15)18-4)6-5-7-11(10)14(16)17/h5-7H,8H2,1-4H3. The minimum absolute atomic E-state index is 0.0420. The third kappa shape index (κ3) is 4.24. The molecule has 0 atom stereocenters. The second-order valence-corrected chi connectivity index (χ2v) is 6.76. The van der Waals surface area contributed by atoms with Gasteiger partial charge in [0.05, 0.1) is 23.2 Å². The zero-order valence-corrected chi connectivity index (χ0v) is 12.2. The second kappa shape index (κ2) is 6.06. The Balaban J connectivity index is 3.22. The number of ether oxygens (including phenoxy) is 1. The SMILES string of the molecule is COC(=O)c1cccc([N+](=O)[O-])c1CSC(C)(C)C. The summed E-state index contributed by atoms with van der Waals surface area (Å²) in [6, 6.07) is 4.46. The van der Waals surface area contributed by atoms with E-state index < -0.39 is 10.9 Å². The van der Waals surface area contributed by atoms with E-state index in [9.17, 15) is 14.9 Å². The van der Waals surface area contributed by atoms with Gasteiger partial charge in [-0.05, 0) is 6.07 Å². The fourth-order valence-corrected chi connectivity index (χ4v) is 2.37. The number of thioether (sulfide) groups is 1. The van der Waals surface area contributed by atoms with E-state index >= 15 is 0 Å². The molecule has 0 aliphatic heterocycles. The van der Waals surface area contributed by atoms with Crippen LogP contribution in [0.15, 0.2) is 18.2 Å². The Kier molecular flexibility index (Phi) is 4.94. The van der Waals surface area contributed by atoms with Gasteiger partial charge in [0.1, 0.15) is 0 Å². The molecule has 5 nitrogen and oxygen atoms in total. The summed E-state index contributed by atoms with van der Waals surface area (Å²) in [7, 11) is 1.27. The summed E-state index contributed by atoms with van der Waals surface area (Å²) in [4.78, 5) is 22.3. The first-order valence-corrected chi connectivity index (χ1v) is 6.73. The zero-order chi connectivity index (χ0) is 14.6. The number of rotatable bonds is 4. The first-order chi connectivity index (χ1) is 8.76.